The van der Waals surface area contributed by atoms with Crippen LogP contribution in [0.1, 0.15) is 16.1 Å². The zero-order valence-electron chi connectivity index (χ0n) is 10.7. The van der Waals surface area contributed by atoms with Gasteiger partial charge in [-0.2, -0.15) is 0 Å². The van der Waals surface area contributed by atoms with E-state index in [9.17, 15) is 9.90 Å². The molecule has 0 amide bonds. The first-order valence-corrected chi connectivity index (χ1v) is 7.17. The number of halogens is 1. The van der Waals surface area contributed by atoms with Crippen molar-refractivity contribution in [3.63, 3.8) is 0 Å². The monoisotopic (exact) mass is 340 g/mol. The first-order valence-electron chi connectivity index (χ1n) is 6.38. The lowest BCUT2D eigenvalue weighted by atomic mass is 10.1. The van der Waals surface area contributed by atoms with Gasteiger partial charge < -0.3 is 10.1 Å². The SMILES string of the molecule is O=C1C(c2[nH]c3ccc(Br)cc3c2O)=Nc2ccccc21. The van der Waals surface area contributed by atoms with Crippen molar-refractivity contribution in [3.05, 3.63) is 58.2 Å². The van der Waals surface area contributed by atoms with Crippen LogP contribution in [0.15, 0.2) is 51.9 Å². The van der Waals surface area contributed by atoms with E-state index in [0.29, 0.717) is 22.3 Å². The molecule has 0 saturated carbocycles. The van der Waals surface area contributed by atoms with Gasteiger partial charge in [0.1, 0.15) is 11.4 Å². The Morgan fingerprint density at radius 2 is 1.95 bits per heavy atom. The van der Waals surface area contributed by atoms with Gasteiger partial charge in [0.2, 0.25) is 5.78 Å². The van der Waals surface area contributed by atoms with Crippen LogP contribution < -0.4 is 0 Å². The van der Waals surface area contributed by atoms with E-state index in [-0.39, 0.29) is 17.2 Å². The molecule has 2 heterocycles. The number of aromatic nitrogens is 1. The number of ketones is 1. The number of fused-ring (bicyclic) bond motifs is 2. The third kappa shape index (κ3) is 1.74. The van der Waals surface area contributed by atoms with Crippen LogP contribution in [0.3, 0.4) is 0 Å². The average molecular weight is 341 g/mol. The fraction of sp³-hybridized carbons (Fsp3) is 0. The van der Waals surface area contributed by atoms with Crippen molar-refractivity contribution in [2.24, 2.45) is 4.99 Å². The summed E-state index contributed by atoms with van der Waals surface area (Å²) < 4.78 is 0.860. The number of carbonyl (C=O) groups excluding carboxylic acids is 1. The maximum atomic E-state index is 12.4. The topological polar surface area (TPSA) is 65.5 Å². The quantitative estimate of drug-likeness (QED) is 0.704. The summed E-state index contributed by atoms with van der Waals surface area (Å²) in [5.74, 6) is -0.127. The average Bonchev–Trinajstić information content (AvgIpc) is 2.98. The molecule has 1 aliphatic rings. The Labute approximate surface area is 128 Å². The van der Waals surface area contributed by atoms with Crippen molar-refractivity contribution in [1.29, 1.82) is 0 Å². The number of hydrogen-bond acceptors (Lipinski definition) is 3. The maximum Gasteiger partial charge on any atom is 0.215 e. The molecule has 1 aliphatic heterocycles. The molecule has 21 heavy (non-hydrogen) atoms. The first-order chi connectivity index (χ1) is 10.1. The summed E-state index contributed by atoms with van der Waals surface area (Å²) in [5, 5.41) is 11.0. The van der Waals surface area contributed by atoms with Crippen LogP contribution in [0, 0.1) is 0 Å². The normalized spacial score (nSPS) is 13.6. The third-order valence-corrected chi connectivity index (χ3v) is 4.06. The number of aromatic amines is 1. The summed E-state index contributed by atoms with van der Waals surface area (Å²) in [4.78, 5) is 19.8. The molecule has 0 saturated heterocycles. The highest BCUT2D eigenvalue weighted by Crippen LogP contribution is 2.35. The molecule has 2 aromatic carbocycles. The van der Waals surface area contributed by atoms with E-state index in [1.54, 1.807) is 24.3 Å². The Morgan fingerprint density at radius 3 is 2.76 bits per heavy atom. The van der Waals surface area contributed by atoms with E-state index in [1.807, 2.05) is 18.2 Å². The Bertz CT molecular complexity index is 941. The minimum absolute atomic E-state index is 0.0474. The smallest absolute Gasteiger partial charge is 0.215 e. The van der Waals surface area contributed by atoms with Crippen LogP contribution in [0.4, 0.5) is 5.69 Å². The van der Waals surface area contributed by atoms with Crippen LogP contribution in [-0.4, -0.2) is 21.6 Å². The van der Waals surface area contributed by atoms with Crippen LogP contribution in [-0.2, 0) is 0 Å². The molecule has 0 unspecified atom stereocenters. The Kier molecular flexibility index (Phi) is 2.53. The van der Waals surface area contributed by atoms with Crippen molar-refractivity contribution < 1.29 is 9.90 Å². The highest BCUT2D eigenvalue weighted by atomic mass is 79.9. The van der Waals surface area contributed by atoms with Crippen molar-refractivity contribution in [2.45, 2.75) is 0 Å². The molecular weight excluding hydrogens is 332 g/mol. The number of aromatic hydroxyl groups is 1. The van der Waals surface area contributed by atoms with E-state index >= 15 is 0 Å². The second kappa shape index (κ2) is 4.30. The number of aliphatic imine (C=N–C) groups is 1. The predicted octanol–water partition coefficient (Wildman–Crippen LogP) is 3.95. The number of para-hydroxylation sites is 1. The number of nitrogens with one attached hydrogen (secondary N) is 1. The third-order valence-electron chi connectivity index (χ3n) is 3.57. The zero-order valence-corrected chi connectivity index (χ0v) is 12.3. The number of nitrogens with zero attached hydrogens (tertiary/aromatic N) is 1. The Morgan fingerprint density at radius 1 is 1.14 bits per heavy atom. The van der Waals surface area contributed by atoms with Gasteiger partial charge in [0, 0.05) is 20.9 Å². The van der Waals surface area contributed by atoms with Gasteiger partial charge in [-0.15, -0.1) is 0 Å². The van der Waals surface area contributed by atoms with Gasteiger partial charge >= 0.3 is 0 Å². The van der Waals surface area contributed by atoms with E-state index in [0.717, 1.165) is 9.99 Å². The molecule has 4 rings (SSSR count). The van der Waals surface area contributed by atoms with E-state index < -0.39 is 0 Å². The second-order valence-electron chi connectivity index (χ2n) is 4.85. The molecule has 0 radical (unpaired) electrons. The largest absolute Gasteiger partial charge is 0.505 e. The van der Waals surface area contributed by atoms with Crippen LogP contribution in [0.2, 0.25) is 0 Å². The van der Waals surface area contributed by atoms with Crippen LogP contribution >= 0.6 is 15.9 Å². The second-order valence-corrected chi connectivity index (χ2v) is 5.76. The molecule has 2 N–H and O–H groups in total. The maximum absolute atomic E-state index is 12.4. The van der Waals surface area contributed by atoms with Crippen molar-refractivity contribution in [1.82, 2.24) is 4.98 Å². The van der Waals surface area contributed by atoms with Crippen molar-refractivity contribution in [2.75, 3.05) is 0 Å². The molecular formula is C16H9BrN2O2. The number of benzene rings is 2. The molecule has 0 bridgehead atoms. The lowest BCUT2D eigenvalue weighted by Gasteiger charge is -1.97. The summed E-state index contributed by atoms with van der Waals surface area (Å²) in [7, 11) is 0. The Balaban J connectivity index is 1.93. The molecule has 0 fully saturated rings. The van der Waals surface area contributed by atoms with Gasteiger partial charge in [-0.25, -0.2) is 4.99 Å². The number of carbonyl (C=O) groups is 1. The van der Waals surface area contributed by atoms with Gasteiger partial charge in [-0.3, -0.25) is 4.79 Å². The number of hydrogen-bond donors (Lipinski definition) is 2. The molecule has 0 spiro atoms. The zero-order chi connectivity index (χ0) is 14.6. The summed E-state index contributed by atoms with van der Waals surface area (Å²) in [6.45, 7) is 0. The lowest BCUT2D eigenvalue weighted by molar-refractivity contribution is 0.107. The van der Waals surface area contributed by atoms with Gasteiger partial charge in [0.15, 0.2) is 5.75 Å². The Hall–Kier alpha value is -2.40. The number of Topliss-reactive ketones (excluding diaryl/α,β-unsaturated/α-hetero) is 1. The van der Waals surface area contributed by atoms with Crippen molar-refractivity contribution >= 4 is 44.0 Å². The van der Waals surface area contributed by atoms with Gasteiger partial charge in [0.05, 0.1) is 5.69 Å². The molecule has 0 aliphatic carbocycles. The fourth-order valence-corrected chi connectivity index (χ4v) is 2.91. The standard InChI is InChI=1S/C16H9BrN2O2/c17-8-5-6-12-10(7-8)16(21)14(19-12)13-15(20)9-3-1-2-4-11(9)18-13/h1-7,19,21H. The highest BCUT2D eigenvalue weighted by molar-refractivity contribution is 9.10. The fourth-order valence-electron chi connectivity index (χ4n) is 2.55. The van der Waals surface area contributed by atoms with Gasteiger partial charge in [0.25, 0.3) is 0 Å². The lowest BCUT2D eigenvalue weighted by Crippen LogP contribution is -2.11. The number of H-pyrrole nitrogens is 1. The van der Waals surface area contributed by atoms with Gasteiger partial charge in [-0.1, -0.05) is 28.1 Å². The van der Waals surface area contributed by atoms with Crippen LogP contribution in [0.5, 0.6) is 5.75 Å². The van der Waals surface area contributed by atoms with E-state index in [1.165, 1.54) is 0 Å². The molecule has 5 heteroatoms. The number of rotatable bonds is 1. The van der Waals surface area contributed by atoms with E-state index in [2.05, 4.69) is 25.9 Å². The molecule has 1 aromatic heterocycles. The summed E-state index contributed by atoms with van der Waals surface area (Å²) in [6, 6.07) is 12.7. The summed E-state index contributed by atoms with van der Waals surface area (Å²) >= 11 is 3.37. The van der Waals surface area contributed by atoms with Crippen molar-refractivity contribution in [3.8, 4) is 5.75 Å². The predicted molar refractivity (Wildman–Crippen MR) is 84.6 cm³/mol. The molecule has 3 aromatic rings. The summed E-state index contributed by atoms with van der Waals surface area (Å²) in [6.07, 6.45) is 0. The summed E-state index contributed by atoms with van der Waals surface area (Å²) in [5.41, 5.74) is 2.57. The minimum Gasteiger partial charge on any atom is -0.505 e. The molecule has 0 atom stereocenters. The van der Waals surface area contributed by atoms with Crippen LogP contribution in [0.25, 0.3) is 10.9 Å². The van der Waals surface area contributed by atoms with Gasteiger partial charge in [-0.05, 0) is 30.3 Å². The first kappa shape index (κ1) is 12.3. The highest BCUT2D eigenvalue weighted by Gasteiger charge is 2.29. The molecule has 102 valence electrons. The minimum atomic E-state index is -0.175. The van der Waals surface area contributed by atoms with E-state index in [4.69, 9.17) is 0 Å². The molecule has 4 nitrogen and oxygen atoms in total.